The molecule has 1 fully saturated rings. The van der Waals surface area contributed by atoms with Crippen LogP contribution in [0.3, 0.4) is 0 Å². The number of anilines is 1. The van der Waals surface area contributed by atoms with E-state index in [0.29, 0.717) is 17.9 Å². The Bertz CT molecular complexity index is 929. The van der Waals surface area contributed by atoms with Crippen LogP contribution in [0.1, 0.15) is 36.5 Å². The molecule has 1 aliphatic rings. The number of carbonyl (C=O) groups is 1. The number of hydrogen-bond donors (Lipinski definition) is 1. The first kappa shape index (κ1) is 18.5. The van der Waals surface area contributed by atoms with Crippen LogP contribution >= 0.6 is 0 Å². The van der Waals surface area contributed by atoms with Gasteiger partial charge in [0, 0.05) is 5.69 Å². The van der Waals surface area contributed by atoms with Crippen molar-refractivity contribution in [3.63, 3.8) is 0 Å². The zero-order chi connectivity index (χ0) is 18.9. The van der Waals surface area contributed by atoms with Crippen molar-refractivity contribution < 1.29 is 17.9 Å². The smallest absolute Gasteiger partial charge is 0.316 e. The highest BCUT2D eigenvalue weighted by Crippen LogP contribution is 2.49. The lowest BCUT2D eigenvalue weighted by molar-refractivity contribution is -0.146. The highest BCUT2D eigenvalue weighted by atomic mass is 32.2. The van der Waals surface area contributed by atoms with Gasteiger partial charge in [0.1, 0.15) is 0 Å². The molecule has 138 valence electrons. The Labute approximate surface area is 154 Å². The second-order valence-corrected chi connectivity index (χ2v) is 8.41. The molecule has 0 heterocycles. The zero-order valence-electron chi connectivity index (χ0n) is 15.2. The third kappa shape index (κ3) is 3.46. The lowest BCUT2D eigenvalue weighted by Gasteiger charge is -2.15. The molecule has 0 amide bonds. The van der Waals surface area contributed by atoms with Gasteiger partial charge in [-0.1, -0.05) is 24.3 Å². The molecule has 0 saturated heterocycles. The Balaban J connectivity index is 1.82. The van der Waals surface area contributed by atoms with Crippen molar-refractivity contribution in [2.24, 2.45) is 0 Å². The molecule has 0 spiro atoms. The minimum Gasteiger partial charge on any atom is -0.465 e. The molecule has 1 N–H and O–H groups in total. The van der Waals surface area contributed by atoms with Crippen molar-refractivity contribution >= 4 is 21.7 Å². The summed E-state index contributed by atoms with van der Waals surface area (Å²) in [7, 11) is -3.67. The van der Waals surface area contributed by atoms with Crippen molar-refractivity contribution in [1.29, 1.82) is 0 Å². The normalized spacial score (nSPS) is 15.3. The quantitative estimate of drug-likeness (QED) is 0.784. The standard InChI is InChI=1S/C20H23NO4S/c1-4-25-19(22)20(11-12-20)16-7-9-17(10-8-16)21-26(23,24)18-13-14(2)5-6-15(18)3/h5-10,13,21H,4,11-12H2,1-3H3. The van der Waals surface area contributed by atoms with Crippen LogP contribution < -0.4 is 4.72 Å². The van der Waals surface area contributed by atoms with E-state index < -0.39 is 15.4 Å². The maximum atomic E-state index is 12.7. The predicted molar refractivity (Wildman–Crippen MR) is 101 cm³/mol. The molecule has 0 bridgehead atoms. The van der Waals surface area contributed by atoms with Crippen LogP contribution in [0.4, 0.5) is 5.69 Å². The largest absolute Gasteiger partial charge is 0.465 e. The Kier molecular flexibility index (Phi) is 4.80. The maximum Gasteiger partial charge on any atom is 0.316 e. The molecule has 5 nitrogen and oxygen atoms in total. The summed E-state index contributed by atoms with van der Waals surface area (Å²) < 4.78 is 33.1. The van der Waals surface area contributed by atoms with Gasteiger partial charge in [-0.05, 0) is 68.5 Å². The Hall–Kier alpha value is -2.34. The Morgan fingerprint density at radius 2 is 1.77 bits per heavy atom. The van der Waals surface area contributed by atoms with Gasteiger partial charge in [-0.15, -0.1) is 0 Å². The molecule has 2 aromatic carbocycles. The van der Waals surface area contributed by atoms with E-state index in [2.05, 4.69) is 4.72 Å². The van der Waals surface area contributed by atoms with E-state index in [0.717, 1.165) is 24.0 Å². The highest BCUT2D eigenvalue weighted by Gasteiger charge is 2.52. The topological polar surface area (TPSA) is 72.5 Å². The van der Waals surface area contributed by atoms with Gasteiger partial charge in [0.15, 0.2) is 0 Å². The number of rotatable bonds is 6. The number of esters is 1. The van der Waals surface area contributed by atoms with Gasteiger partial charge in [0.25, 0.3) is 10.0 Å². The Morgan fingerprint density at radius 1 is 1.12 bits per heavy atom. The minimum absolute atomic E-state index is 0.205. The molecule has 0 atom stereocenters. The van der Waals surface area contributed by atoms with Crippen molar-refractivity contribution in [2.45, 2.75) is 43.9 Å². The van der Waals surface area contributed by atoms with Crippen molar-refractivity contribution in [1.82, 2.24) is 0 Å². The van der Waals surface area contributed by atoms with Crippen LogP contribution in [-0.2, 0) is 25.0 Å². The molecule has 1 saturated carbocycles. The molecule has 0 aromatic heterocycles. The van der Waals surface area contributed by atoms with Gasteiger partial charge in [0.2, 0.25) is 0 Å². The molecular weight excluding hydrogens is 350 g/mol. The van der Waals surface area contributed by atoms with Crippen molar-refractivity contribution in [3.05, 3.63) is 59.2 Å². The van der Waals surface area contributed by atoms with Crippen LogP contribution in [0.15, 0.2) is 47.4 Å². The summed E-state index contributed by atoms with van der Waals surface area (Å²) in [4.78, 5) is 12.4. The van der Waals surface area contributed by atoms with Gasteiger partial charge in [-0.3, -0.25) is 9.52 Å². The fourth-order valence-corrected chi connectivity index (χ4v) is 4.46. The molecule has 3 rings (SSSR count). The summed E-state index contributed by atoms with van der Waals surface area (Å²) in [6.45, 7) is 5.78. The van der Waals surface area contributed by atoms with Crippen molar-refractivity contribution in [3.8, 4) is 0 Å². The molecule has 26 heavy (non-hydrogen) atoms. The number of carbonyl (C=O) groups excluding carboxylic acids is 1. The van der Waals surface area contributed by atoms with E-state index in [-0.39, 0.29) is 10.9 Å². The summed E-state index contributed by atoms with van der Waals surface area (Å²) in [5.41, 5.74) is 2.36. The van der Waals surface area contributed by atoms with Crippen LogP contribution in [0.2, 0.25) is 0 Å². The lowest BCUT2D eigenvalue weighted by atomic mass is 9.96. The van der Waals surface area contributed by atoms with E-state index >= 15 is 0 Å². The van der Waals surface area contributed by atoms with E-state index in [4.69, 9.17) is 4.74 Å². The van der Waals surface area contributed by atoms with E-state index in [1.165, 1.54) is 0 Å². The van der Waals surface area contributed by atoms with Crippen LogP contribution in [0, 0.1) is 13.8 Å². The minimum atomic E-state index is -3.67. The van der Waals surface area contributed by atoms with Gasteiger partial charge in [-0.25, -0.2) is 8.42 Å². The van der Waals surface area contributed by atoms with E-state index in [1.54, 1.807) is 50.2 Å². The fourth-order valence-electron chi connectivity index (χ4n) is 3.07. The molecular formula is C20H23NO4S. The van der Waals surface area contributed by atoms with Crippen LogP contribution in [0.5, 0.6) is 0 Å². The SMILES string of the molecule is CCOC(=O)C1(c2ccc(NS(=O)(=O)c3cc(C)ccc3C)cc2)CC1. The van der Waals surface area contributed by atoms with Crippen molar-refractivity contribution in [2.75, 3.05) is 11.3 Å². The first-order chi connectivity index (χ1) is 12.3. The summed E-state index contributed by atoms with van der Waals surface area (Å²) in [5, 5.41) is 0. The first-order valence-electron chi connectivity index (χ1n) is 8.66. The number of ether oxygens (including phenoxy) is 1. The molecule has 0 unspecified atom stereocenters. The molecule has 1 aliphatic carbocycles. The summed E-state index contributed by atoms with van der Waals surface area (Å²) in [6.07, 6.45) is 1.53. The van der Waals surface area contributed by atoms with Gasteiger partial charge >= 0.3 is 5.97 Å². The second-order valence-electron chi connectivity index (χ2n) is 6.75. The van der Waals surface area contributed by atoms with Gasteiger partial charge < -0.3 is 4.74 Å². The lowest BCUT2D eigenvalue weighted by Crippen LogP contribution is -2.23. The van der Waals surface area contributed by atoms with E-state index in [9.17, 15) is 13.2 Å². The Morgan fingerprint density at radius 3 is 2.35 bits per heavy atom. The zero-order valence-corrected chi connectivity index (χ0v) is 16.0. The summed E-state index contributed by atoms with van der Waals surface area (Å²) in [6, 6.07) is 12.3. The third-order valence-corrected chi connectivity index (χ3v) is 6.26. The summed E-state index contributed by atoms with van der Waals surface area (Å²) in [5.74, 6) is -0.205. The number of hydrogen-bond acceptors (Lipinski definition) is 4. The monoisotopic (exact) mass is 373 g/mol. The number of aryl methyl sites for hydroxylation is 2. The molecule has 0 aliphatic heterocycles. The van der Waals surface area contributed by atoms with E-state index in [1.807, 2.05) is 13.0 Å². The third-order valence-electron chi connectivity index (χ3n) is 4.74. The summed E-state index contributed by atoms with van der Waals surface area (Å²) >= 11 is 0. The number of benzene rings is 2. The average Bonchev–Trinajstić information content (AvgIpc) is 3.39. The molecule has 0 radical (unpaired) electrons. The number of nitrogens with one attached hydrogen (secondary N) is 1. The first-order valence-corrected chi connectivity index (χ1v) is 10.1. The van der Waals surface area contributed by atoms with Gasteiger partial charge in [0.05, 0.1) is 16.9 Å². The molecule has 6 heteroatoms. The highest BCUT2D eigenvalue weighted by molar-refractivity contribution is 7.92. The predicted octanol–water partition coefficient (Wildman–Crippen LogP) is 3.70. The average molecular weight is 373 g/mol. The maximum absolute atomic E-state index is 12.7. The second kappa shape index (κ2) is 6.76. The van der Waals surface area contributed by atoms with Crippen LogP contribution in [0.25, 0.3) is 0 Å². The van der Waals surface area contributed by atoms with Crippen LogP contribution in [-0.4, -0.2) is 21.0 Å². The molecule has 2 aromatic rings. The number of sulfonamides is 1. The fraction of sp³-hybridized carbons (Fsp3) is 0.350. The van der Waals surface area contributed by atoms with Gasteiger partial charge in [-0.2, -0.15) is 0 Å².